The molecule has 2 rings (SSSR count). The third kappa shape index (κ3) is 5.78. The van der Waals surface area contributed by atoms with Crippen molar-refractivity contribution in [2.45, 2.75) is 63.5 Å². The molecular weight excluding hydrogens is 352 g/mol. The number of alkyl halides is 2. The molecule has 140 valence electrons. The van der Waals surface area contributed by atoms with Crippen LogP contribution in [0.2, 0.25) is 5.15 Å². The van der Waals surface area contributed by atoms with Crippen LogP contribution >= 0.6 is 11.6 Å². The zero-order valence-electron chi connectivity index (χ0n) is 14.4. The molecular formula is C17H24ClF2N3O2. The Labute approximate surface area is 151 Å². The Balaban J connectivity index is 2.08. The predicted molar refractivity (Wildman–Crippen MR) is 93.5 cm³/mol. The number of aromatic nitrogens is 1. The van der Waals surface area contributed by atoms with Crippen molar-refractivity contribution in [3.8, 4) is 0 Å². The fourth-order valence-electron chi connectivity index (χ4n) is 2.74. The number of rotatable bonds is 6. The van der Waals surface area contributed by atoms with Crippen molar-refractivity contribution in [1.82, 2.24) is 10.3 Å². The number of aliphatic hydroxyl groups is 1. The van der Waals surface area contributed by atoms with Gasteiger partial charge in [0, 0.05) is 12.2 Å². The standard InChI is InChI=1S/C17H24ClF2N3O2/c1-17(2,25)14(20)9-22-16(24)12-8-21-15(18)7-13(12)23-11-5-3-4-10(19)6-11/h7-8,10-11,14,25H,3-6,9H2,1-2H3,(H,21,23)(H,22,24)/t10-,11?,14?/m0/s1. The normalized spacial score (nSPS) is 22.3. The number of pyridine rings is 1. The van der Waals surface area contributed by atoms with Gasteiger partial charge in [-0.05, 0) is 45.6 Å². The highest BCUT2D eigenvalue weighted by Crippen LogP contribution is 2.27. The number of nitrogens with zero attached hydrogens (tertiary/aromatic N) is 1. The molecule has 1 saturated carbocycles. The van der Waals surface area contributed by atoms with Crippen molar-refractivity contribution in [2.75, 3.05) is 11.9 Å². The number of anilines is 1. The first kappa shape index (κ1) is 19.8. The van der Waals surface area contributed by atoms with Gasteiger partial charge in [0.05, 0.1) is 23.4 Å². The molecule has 1 aliphatic carbocycles. The largest absolute Gasteiger partial charge is 0.387 e. The summed E-state index contributed by atoms with van der Waals surface area (Å²) in [6.45, 7) is 2.33. The van der Waals surface area contributed by atoms with Crippen LogP contribution in [0.3, 0.4) is 0 Å². The Hall–Kier alpha value is -1.47. The summed E-state index contributed by atoms with van der Waals surface area (Å²) < 4.78 is 27.4. The fourth-order valence-corrected chi connectivity index (χ4v) is 2.90. The SMILES string of the molecule is CC(C)(O)C(F)CNC(=O)c1cnc(Cl)cc1NC1CCC[C@H](F)C1. The lowest BCUT2D eigenvalue weighted by Gasteiger charge is -2.27. The summed E-state index contributed by atoms with van der Waals surface area (Å²) in [5.74, 6) is -0.536. The minimum Gasteiger partial charge on any atom is -0.387 e. The van der Waals surface area contributed by atoms with Crippen LogP contribution in [0, 0.1) is 0 Å². The third-order valence-electron chi connectivity index (χ3n) is 4.29. The van der Waals surface area contributed by atoms with Gasteiger partial charge >= 0.3 is 0 Å². The van der Waals surface area contributed by atoms with Crippen molar-refractivity contribution in [2.24, 2.45) is 0 Å². The van der Waals surface area contributed by atoms with Gasteiger partial charge in [0.25, 0.3) is 5.91 Å². The van der Waals surface area contributed by atoms with Crippen molar-refractivity contribution in [1.29, 1.82) is 0 Å². The fraction of sp³-hybridized carbons (Fsp3) is 0.647. The number of nitrogens with one attached hydrogen (secondary N) is 2. The van der Waals surface area contributed by atoms with E-state index >= 15 is 0 Å². The molecule has 1 aromatic heterocycles. The lowest BCUT2D eigenvalue weighted by atomic mass is 9.93. The molecule has 1 fully saturated rings. The van der Waals surface area contributed by atoms with E-state index in [0.717, 1.165) is 12.8 Å². The maximum absolute atomic E-state index is 13.8. The molecule has 8 heteroatoms. The number of hydrogen-bond donors (Lipinski definition) is 3. The first-order chi connectivity index (χ1) is 11.7. The Morgan fingerprint density at radius 3 is 2.88 bits per heavy atom. The molecule has 0 aromatic carbocycles. The van der Waals surface area contributed by atoms with E-state index in [1.807, 2.05) is 0 Å². The van der Waals surface area contributed by atoms with E-state index in [9.17, 15) is 18.7 Å². The van der Waals surface area contributed by atoms with Crippen LogP contribution in [0.4, 0.5) is 14.5 Å². The molecule has 1 heterocycles. The second-order valence-electron chi connectivity index (χ2n) is 6.99. The Morgan fingerprint density at radius 2 is 2.24 bits per heavy atom. The molecule has 0 bridgehead atoms. The summed E-state index contributed by atoms with van der Waals surface area (Å²) >= 11 is 5.91. The zero-order valence-corrected chi connectivity index (χ0v) is 15.1. The van der Waals surface area contributed by atoms with Crippen LogP contribution in [-0.2, 0) is 0 Å². The Bertz CT molecular complexity index is 610. The highest BCUT2D eigenvalue weighted by Gasteiger charge is 2.28. The molecule has 0 radical (unpaired) electrons. The Kier molecular flexibility index (Phi) is 6.57. The van der Waals surface area contributed by atoms with Gasteiger partial charge in [-0.25, -0.2) is 13.8 Å². The van der Waals surface area contributed by atoms with Crippen LogP contribution < -0.4 is 10.6 Å². The molecule has 2 unspecified atom stereocenters. The summed E-state index contributed by atoms with van der Waals surface area (Å²) in [5.41, 5.74) is -0.909. The van der Waals surface area contributed by atoms with Crippen molar-refractivity contribution in [3.05, 3.63) is 23.0 Å². The van der Waals surface area contributed by atoms with E-state index in [0.29, 0.717) is 18.5 Å². The van der Waals surface area contributed by atoms with Gasteiger partial charge in [-0.2, -0.15) is 0 Å². The minimum absolute atomic E-state index is 0.0981. The van der Waals surface area contributed by atoms with Crippen molar-refractivity contribution in [3.63, 3.8) is 0 Å². The smallest absolute Gasteiger partial charge is 0.255 e. The van der Waals surface area contributed by atoms with Crippen LogP contribution in [0.5, 0.6) is 0 Å². The second-order valence-corrected chi connectivity index (χ2v) is 7.38. The molecule has 0 aliphatic heterocycles. The number of amides is 1. The highest BCUT2D eigenvalue weighted by molar-refractivity contribution is 6.29. The predicted octanol–water partition coefficient (Wildman–Crippen LogP) is 3.27. The van der Waals surface area contributed by atoms with Crippen LogP contribution in [-0.4, -0.2) is 46.5 Å². The summed E-state index contributed by atoms with van der Waals surface area (Å²) in [6, 6.07) is 1.40. The zero-order chi connectivity index (χ0) is 18.6. The average Bonchev–Trinajstić information content (AvgIpc) is 2.51. The first-order valence-electron chi connectivity index (χ1n) is 8.37. The molecule has 0 saturated heterocycles. The van der Waals surface area contributed by atoms with E-state index in [2.05, 4.69) is 15.6 Å². The maximum atomic E-state index is 13.8. The Morgan fingerprint density at radius 1 is 1.52 bits per heavy atom. The monoisotopic (exact) mass is 375 g/mol. The lowest BCUT2D eigenvalue weighted by Crippen LogP contribution is -2.42. The van der Waals surface area contributed by atoms with Gasteiger partial charge in [-0.3, -0.25) is 4.79 Å². The second kappa shape index (κ2) is 8.27. The number of halogens is 3. The van der Waals surface area contributed by atoms with E-state index in [1.165, 1.54) is 26.1 Å². The molecule has 3 N–H and O–H groups in total. The molecule has 3 atom stereocenters. The highest BCUT2D eigenvalue weighted by atomic mass is 35.5. The van der Waals surface area contributed by atoms with Crippen LogP contribution in [0.25, 0.3) is 0 Å². The van der Waals surface area contributed by atoms with Crippen molar-refractivity contribution >= 4 is 23.2 Å². The first-order valence-corrected chi connectivity index (χ1v) is 8.75. The summed E-state index contributed by atoms with van der Waals surface area (Å²) in [6.07, 6.45) is 1.32. The number of hydrogen-bond acceptors (Lipinski definition) is 4. The van der Waals surface area contributed by atoms with E-state index in [1.54, 1.807) is 0 Å². The molecule has 1 aliphatic rings. The summed E-state index contributed by atoms with van der Waals surface area (Å²) in [7, 11) is 0. The number of carbonyl (C=O) groups excluding carboxylic acids is 1. The molecule has 5 nitrogen and oxygen atoms in total. The van der Waals surface area contributed by atoms with E-state index in [-0.39, 0.29) is 23.3 Å². The quantitative estimate of drug-likeness (QED) is 0.667. The van der Waals surface area contributed by atoms with Gasteiger partial charge in [0.15, 0.2) is 0 Å². The van der Waals surface area contributed by atoms with Crippen LogP contribution in [0.1, 0.15) is 49.9 Å². The molecule has 1 amide bonds. The van der Waals surface area contributed by atoms with E-state index < -0.39 is 23.9 Å². The van der Waals surface area contributed by atoms with Gasteiger partial charge in [-0.1, -0.05) is 11.6 Å². The van der Waals surface area contributed by atoms with Gasteiger partial charge in [0.2, 0.25) is 0 Å². The average molecular weight is 376 g/mol. The third-order valence-corrected chi connectivity index (χ3v) is 4.50. The van der Waals surface area contributed by atoms with Gasteiger partial charge in [-0.15, -0.1) is 0 Å². The van der Waals surface area contributed by atoms with Crippen LogP contribution in [0.15, 0.2) is 12.3 Å². The lowest BCUT2D eigenvalue weighted by molar-refractivity contribution is -0.00177. The molecule has 25 heavy (non-hydrogen) atoms. The summed E-state index contributed by atoms with van der Waals surface area (Å²) in [4.78, 5) is 16.2. The number of carbonyl (C=O) groups is 1. The van der Waals surface area contributed by atoms with Gasteiger partial charge in [0.1, 0.15) is 17.5 Å². The summed E-state index contributed by atoms with van der Waals surface area (Å²) in [5, 5.41) is 15.4. The van der Waals surface area contributed by atoms with Gasteiger partial charge < -0.3 is 15.7 Å². The van der Waals surface area contributed by atoms with E-state index in [4.69, 9.17) is 11.6 Å². The maximum Gasteiger partial charge on any atom is 0.255 e. The minimum atomic E-state index is -1.61. The van der Waals surface area contributed by atoms with Crippen molar-refractivity contribution < 1.29 is 18.7 Å². The molecule has 0 spiro atoms. The molecule has 1 aromatic rings. The topological polar surface area (TPSA) is 74.2 Å².